The standard InChI is InChI=1S/C10H18N2O2S/c11-9(13)10(12)3-1-2-7(4-10)15-8-5-14-6-8/h7-8H,1-6,12H2,(H2,11,13). The van der Waals surface area contributed by atoms with Crippen LogP contribution in [0.1, 0.15) is 25.7 Å². The van der Waals surface area contributed by atoms with Crippen molar-refractivity contribution >= 4 is 17.7 Å². The first-order valence-electron chi connectivity index (χ1n) is 5.42. The summed E-state index contributed by atoms with van der Waals surface area (Å²) in [5, 5.41) is 1.08. The predicted molar refractivity (Wildman–Crippen MR) is 60.6 cm³/mol. The monoisotopic (exact) mass is 230 g/mol. The molecular weight excluding hydrogens is 212 g/mol. The van der Waals surface area contributed by atoms with Crippen molar-refractivity contribution in [2.45, 2.75) is 41.7 Å². The molecule has 1 aliphatic heterocycles. The lowest BCUT2D eigenvalue weighted by Gasteiger charge is -2.38. The number of primary amides is 1. The number of rotatable bonds is 3. The first-order chi connectivity index (χ1) is 7.10. The molecule has 4 N–H and O–H groups in total. The topological polar surface area (TPSA) is 78.3 Å². The fraction of sp³-hybridized carbons (Fsp3) is 0.900. The molecule has 2 unspecified atom stereocenters. The molecule has 15 heavy (non-hydrogen) atoms. The summed E-state index contributed by atoms with van der Waals surface area (Å²) >= 11 is 1.91. The van der Waals surface area contributed by atoms with Gasteiger partial charge < -0.3 is 16.2 Å². The van der Waals surface area contributed by atoms with Crippen LogP contribution in [-0.2, 0) is 9.53 Å². The van der Waals surface area contributed by atoms with Crippen molar-refractivity contribution in [1.82, 2.24) is 0 Å². The Morgan fingerprint density at radius 1 is 1.40 bits per heavy atom. The van der Waals surface area contributed by atoms with Crippen LogP contribution < -0.4 is 11.5 Å². The Morgan fingerprint density at radius 2 is 2.13 bits per heavy atom. The van der Waals surface area contributed by atoms with Crippen LogP contribution in [0.2, 0.25) is 0 Å². The maximum absolute atomic E-state index is 11.3. The van der Waals surface area contributed by atoms with E-state index in [1.807, 2.05) is 11.8 Å². The highest BCUT2D eigenvalue weighted by molar-refractivity contribution is 8.00. The minimum Gasteiger partial charge on any atom is -0.379 e. The summed E-state index contributed by atoms with van der Waals surface area (Å²) < 4.78 is 5.13. The molecule has 1 saturated carbocycles. The molecule has 0 aromatic carbocycles. The van der Waals surface area contributed by atoms with E-state index < -0.39 is 5.54 Å². The Kier molecular flexibility index (Phi) is 3.23. The third-order valence-corrected chi connectivity index (χ3v) is 4.67. The van der Waals surface area contributed by atoms with Crippen LogP contribution in [0.5, 0.6) is 0 Å². The van der Waals surface area contributed by atoms with Gasteiger partial charge in [-0.25, -0.2) is 0 Å². The highest BCUT2D eigenvalue weighted by Gasteiger charge is 2.39. The van der Waals surface area contributed by atoms with Crippen LogP contribution in [-0.4, -0.2) is 35.2 Å². The normalized spacial score (nSPS) is 37.3. The number of amides is 1. The largest absolute Gasteiger partial charge is 0.379 e. The summed E-state index contributed by atoms with van der Waals surface area (Å²) in [6, 6.07) is 0. The van der Waals surface area contributed by atoms with Crippen molar-refractivity contribution in [3.8, 4) is 0 Å². The van der Waals surface area contributed by atoms with E-state index in [9.17, 15) is 4.79 Å². The number of thioether (sulfide) groups is 1. The minimum atomic E-state index is -0.763. The SMILES string of the molecule is NC(=O)C1(N)CCCC(SC2COC2)C1. The third kappa shape index (κ3) is 2.46. The van der Waals surface area contributed by atoms with Crippen molar-refractivity contribution in [3.05, 3.63) is 0 Å². The van der Waals surface area contributed by atoms with Crippen LogP contribution in [0.25, 0.3) is 0 Å². The molecule has 2 atom stereocenters. The molecule has 2 fully saturated rings. The Labute approximate surface area is 94.1 Å². The van der Waals surface area contributed by atoms with E-state index in [4.69, 9.17) is 16.2 Å². The Balaban J connectivity index is 1.88. The molecule has 4 nitrogen and oxygen atoms in total. The fourth-order valence-electron chi connectivity index (χ4n) is 2.16. The highest BCUT2D eigenvalue weighted by atomic mass is 32.2. The Hall–Kier alpha value is -0.260. The van der Waals surface area contributed by atoms with Crippen molar-refractivity contribution < 1.29 is 9.53 Å². The van der Waals surface area contributed by atoms with Gasteiger partial charge in [-0.3, -0.25) is 4.79 Å². The molecule has 0 bridgehead atoms. The molecule has 0 radical (unpaired) electrons. The summed E-state index contributed by atoms with van der Waals surface area (Å²) in [7, 11) is 0. The van der Waals surface area contributed by atoms with Crippen LogP contribution >= 0.6 is 11.8 Å². The molecular formula is C10H18N2O2S. The van der Waals surface area contributed by atoms with Crippen molar-refractivity contribution in [2.75, 3.05) is 13.2 Å². The Morgan fingerprint density at radius 3 is 2.67 bits per heavy atom. The number of nitrogens with two attached hydrogens (primary N) is 2. The van der Waals surface area contributed by atoms with Gasteiger partial charge >= 0.3 is 0 Å². The molecule has 0 aromatic rings. The minimum absolute atomic E-state index is 0.349. The van der Waals surface area contributed by atoms with E-state index >= 15 is 0 Å². The lowest BCUT2D eigenvalue weighted by molar-refractivity contribution is -0.124. The predicted octanol–water partition coefficient (Wildman–Crippen LogP) is 0.244. The second kappa shape index (κ2) is 4.31. The van der Waals surface area contributed by atoms with Crippen LogP contribution in [0.15, 0.2) is 0 Å². The van der Waals surface area contributed by atoms with E-state index in [-0.39, 0.29) is 5.91 Å². The zero-order chi connectivity index (χ0) is 10.9. The summed E-state index contributed by atoms with van der Waals surface area (Å²) in [4.78, 5) is 11.3. The van der Waals surface area contributed by atoms with Crippen molar-refractivity contribution in [2.24, 2.45) is 11.5 Å². The van der Waals surface area contributed by atoms with E-state index in [0.29, 0.717) is 10.5 Å². The number of carbonyl (C=O) groups excluding carboxylic acids is 1. The Bertz CT molecular complexity index is 258. The summed E-state index contributed by atoms with van der Waals surface area (Å²) in [6.07, 6.45) is 3.61. The number of carbonyl (C=O) groups is 1. The van der Waals surface area contributed by atoms with Crippen LogP contribution in [0.4, 0.5) is 0 Å². The number of hydrogen-bond donors (Lipinski definition) is 2. The number of hydrogen-bond acceptors (Lipinski definition) is 4. The first kappa shape index (κ1) is 11.2. The zero-order valence-electron chi connectivity index (χ0n) is 8.78. The molecule has 2 aliphatic rings. The highest BCUT2D eigenvalue weighted by Crippen LogP contribution is 2.37. The average molecular weight is 230 g/mol. The zero-order valence-corrected chi connectivity index (χ0v) is 9.59. The molecule has 86 valence electrons. The van der Waals surface area contributed by atoms with Crippen molar-refractivity contribution in [3.63, 3.8) is 0 Å². The van der Waals surface area contributed by atoms with Crippen LogP contribution in [0.3, 0.4) is 0 Å². The summed E-state index contributed by atoms with van der Waals surface area (Å²) in [5.74, 6) is -0.349. The average Bonchev–Trinajstić information content (AvgIpc) is 2.12. The molecule has 0 aromatic heterocycles. The second-order valence-electron chi connectivity index (χ2n) is 4.53. The molecule has 2 rings (SSSR count). The van der Waals surface area contributed by atoms with Gasteiger partial charge in [-0.05, 0) is 25.7 Å². The van der Waals surface area contributed by atoms with Gasteiger partial charge in [-0.1, -0.05) is 0 Å². The van der Waals surface area contributed by atoms with Crippen molar-refractivity contribution in [1.29, 1.82) is 0 Å². The smallest absolute Gasteiger partial charge is 0.237 e. The van der Waals surface area contributed by atoms with Gasteiger partial charge in [-0.2, -0.15) is 11.8 Å². The maximum atomic E-state index is 11.3. The number of ether oxygens (including phenoxy) is 1. The quantitative estimate of drug-likeness (QED) is 0.728. The van der Waals surface area contributed by atoms with Crippen LogP contribution in [0, 0.1) is 0 Å². The molecule has 1 amide bonds. The van der Waals surface area contributed by atoms with Gasteiger partial charge in [0.1, 0.15) is 0 Å². The molecule has 1 heterocycles. The first-order valence-corrected chi connectivity index (χ1v) is 6.36. The van der Waals surface area contributed by atoms with Gasteiger partial charge in [0.15, 0.2) is 0 Å². The summed E-state index contributed by atoms with van der Waals surface area (Å²) in [5.41, 5.74) is 10.6. The van der Waals surface area contributed by atoms with Gasteiger partial charge in [0.2, 0.25) is 5.91 Å². The lowest BCUT2D eigenvalue weighted by atomic mass is 9.82. The summed E-state index contributed by atoms with van der Waals surface area (Å²) in [6.45, 7) is 1.69. The van der Waals surface area contributed by atoms with E-state index in [0.717, 1.165) is 38.9 Å². The second-order valence-corrected chi connectivity index (χ2v) is 6.14. The van der Waals surface area contributed by atoms with Gasteiger partial charge in [0.05, 0.1) is 24.0 Å². The van der Waals surface area contributed by atoms with Gasteiger partial charge in [0.25, 0.3) is 0 Å². The van der Waals surface area contributed by atoms with E-state index in [1.54, 1.807) is 0 Å². The van der Waals surface area contributed by atoms with Gasteiger partial charge in [-0.15, -0.1) is 0 Å². The van der Waals surface area contributed by atoms with Gasteiger partial charge in [0, 0.05) is 5.25 Å². The molecule has 1 aliphatic carbocycles. The van der Waals surface area contributed by atoms with E-state index in [1.165, 1.54) is 0 Å². The molecule has 0 spiro atoms. The van der Waals surface area contributed by atoms with E-state index in [2.05, 4.69) is 0 Å². The molecule has 5 heteroatoms. The lowest BCUT2D eigenvalue weighted by Crippen LogP contribution is -2.55. The maximum Gasteiger partial charge on any atom is 0.237 e. The third-order valence-electron chi connectivity index (χ3n) is 3.22. The fourth-order valence-corrected chi connectivity index (χ4v) is 3.75. The molecule has 1 saturated heterocycles.